The Bertz CT molecular complexity index is 438. The lowest BCUT2D eigenvalue weighted by atomic mass is 10.2. The first-order valence-corrected chi connectivity index (χ1v) is 12.8. The lowest BCUT2D eigenvalue weighted by Gasteiger charge is -2.34. The average molecular weight is 307 g/mol. The van der Waals surface area contributed by atoms with Gasteiger partial charge in [0, 0.05) is 13.2 Å². The molecular weight excluding hydrogens is 280 g/mol. The summed E-state index contributed by atoms with van der Waals surface area (Å²) in [6.07, 6.45) is 5.23. The van der Waals surface area contributed by atoms with Crippen molar-refractivity contribution in [3.63, 3.8) is 0 Å². The van der Waals surface area contributed by atoms with Crippen molar-refractivity contribution in [2.24, 2.45) is 0 Å². The van der Waals surface area contributed by atoms with Crippen molar-refractivity contribution < 1.29 is 8.85 Å². The molecule has 0 aliphatic carbocycles. The van der Waals surface area contributed by atoms with Gasteiger partial charge in [-0.2, -0.15) is 0 Å². The largest absolute Gasteiger partial charge is 0.420 e. The molecule has 2 atom stereocenters. The molecule has 3 rings (SSSR count). The maximum atomic E-state index is 6.29. The summed E-state index contributed by atoms with van der Waals surface area (Å²) in [6, 6.07) is 12.9. The zero-order valence-electron chi connectivity index (χ0n) is 12.6. The van der Waals surface area contributed by atoms with Gasteiger partial charge >= 0.3 is 0 Å². The van der Waals surface area contributed by atoms with Gasteiger partial charge in [-0.25, -0.2) is 0 Å². The molecule has 0 saturated carbocycles. The Labute approximate surface area is 125 Å². The molecule has 2 saturated heterocycles. The van der Waals surface area contributed by atoms with E-state index in [9.17, 15) is 0 Å². The Morgan fingerprint density at radius 2 is 1.95 bits per heavy atom. The topological polar surface area (TPSA) is 18.5 Å². The predicted octanol–water partition coefficient (Wildman–Crippen LogP) is 2.90. The van der Waals surface area contributed by atoms with E-state index < -0.39 is 17.4 Å². The van der Waals surface area contributed by atoms with Gasteiger partial charge in [0.05, 0.1) is 0 Å². The van der Waals surface area contributed by atoms with E-state index in [1.165, 1.54) is 43.8 Å². The fraction of sp³-hybridized carbons (Fsp3) is 0.625. The second kappa shape index (κ2) is 6.56. The second-order valence-electron chi connectivity index (χ2n) is 6.39. The van der Waals surface area contributed by atoms with E-state index >= 15 is 0 Å². The highest BCUT2D eigenvalue weighted by Crippen LogP contribution is 2.24. The van der Waals surface area contributed by atoms with Crippen molar-refractivity contribution >= 4 is 22.5 Å². The Hall–Kier alpha value is -0.426. The molecule has 1 aromatic carbocycles. The van der Waals surface area contributed by atoms with Gasteiger partial charge in [-0.3, -0.25) is 0 Å². The SMILES string of the molecule is C[Si]1(c2ccccc2C[SiH]2CCCCO2)CCCCO1. The highest BCUT2D eigenvalue weighted by atomic mass is 28.4. The molecule has 2 aliphatic rings. The van der Waals surface area contributed by atoms with Crippen LogP contribution in [0.2, 0.25) is 18.6 Å². The Kier molecular flexibility index (Phi) is 4.76. The summed E-state index contributed by atoms with van der Waals surface area (Å²) in [5.41, 5.74) is 1.54. The first kappa shape index (κ1) is 14.5. The summed E-state index contributed by atoms with van der Waals surface area (Å²) in [5, 5.41) is 1.56. The fourth-order valence-corrected chi connectivity index (χ4v) is 9.76. The van der Waals surface area contributed by atoms with Crippen LogP contribution in [0.15, 0.2) is 24.3 Å². The molecule has 2 aliphatic heterocycles. The third-order valence-electron chi connectivity index (χ3n) is 4.78. The van der Waals surface area contributed by atoms with Crippen molar-refractivity contribution in [2.75, 3.05) is 13.2 Å². The summed E-state index contributed by atoms with van der Waals surface area (Å²) in [5.74, 6) is 0. The average Bonchev–Trinajstić information content (AvgIpc) is 2.49. The zero-order chi connectivity index (χ0) is 13.8. The minimum Gasteiger partial charge on any atom is -0.420 e. The van der Waals surface area contributed by atoms with Crippen LogP contribution < -0.4 is 5.19 Å². The standard InChI is InChI=1S/C16H26O2Si2/c1-20(13-7-5-11-18-20)16-9-3-2-8-15(16)14-19-12-6-4-10-17-19/h2-3,8-9,19H,4-7,10-14H2,1H3. The molecule has 0 N–H and O–H groups in total. The Morgan fingerprint density at radius 3 is 2.70 bits per heavy atom. The van der Waals surface area contributed by atoms with E-state index in [0.717, 1.165) is 13.2 Å². The Morgan fingerprint density at radius 1 is 1.10 bits per heavy atom. The number of hydrogen-bond acceptors (Lipinski definition) is 2. The first-order chi connectivity index (χ1) is 9.78. The smallest absolute Gasteiger partial charge is 0.221 e. The maximum Gasteiger partial charge on any atom is 0.221 e. The highest BCUT2D eigenvalue weighted by Gasteiger charge is 2.35. The third-order valence-corrected chi connectivity index (χ3v) is 11.2. The molecule has 2 fully saturated rings. The van der Waals surface area contributed by atoms with Gasteiger partial charge < -0.3 is 8.85 Å². The van der Waals surface area contributed by atoms with E-state index in [0.29, 0.717) is 0 Å². The van der Waals surface area contributed by atoms with Crippen molar-refractivity contribution in [3.8, 4) is 0 Å². The lowest BCUT2D eigenvalue weighted by molar-refractivity contribution is 0.279. The molecule has 0 bridgehead atoms. The van der Waals surface area contributed by atoms with Crippen molar-refractivity contribution in [1.82, 2.24) is 0 Å². The van der Waals surface area contributed by atoms with Gasteiger partial charge in [0.2, 0.25) is 8.32 Å². The molecule has 2 heterocycles. The van der Waals surface area contributed by atoms with Crippen LogP contribution in [0.25, 0.3) is 0 Å². The van der Waals surface area contributed by atoms with E-state index in [4.69, 9.17) is 8.85 Å². The fourth-order valence-electron chi connectivity index (χ4n) is 3.57. The van der Waals surface area contributed by atoms with Crippen LogP contribution in [0.1, 0.15) is 31.2 Å². The molecule has 1 aromatic rings. The van der Waals surface area contributed by atoms with Gasteiger partial charge in [0.15, 0.2) is 9.04 Å². The monoisotopic (exact) mass is 306 g/mol. The van der Waals surface area contributed by atoms with Crippen LogP contribution >= 0.6 is 0 Å². The summed E-state index contributed by atoms with van der Waals surface area (Å²) < 4.78 is 12.4. The number of benzene rings is 1. The zero-order valence-corrected chi connectivity index (χ0v) is 14.7. The quantitative estimate of drug-likeness (QED) is 0.800. The van der Waals surface area contributed by atoms with Gasteiger partial charge in [0.1, 0.15) is 0 Å². The summed E-state index contributed by atoms with van der Waals surface area (Å²) in [6.45, 7) is 4.38. The molecular formula is C16H26O2Si2. The van der Waals surface area contributed by atoms with Crippen molar-refractivity contribution in [3.05, 3.63) is 29.8 Å². The molecule has 0 spiro atoms. The van der Waals surface area contributed by atoms with Gasteiger partial charge in [-0.1, -0.05) is 37.1 Å². The Balaban J connectivity index is 1.80. The van der Waals surface area contributed by atoms with Crippen LogP contribution in [0.3, 0.4) is 0 Å². The van der Waals surface area contributed by atoms with E-state index in [2.05, 4.69) is 30.8 Å². The van der Waals surface area contributed by atoms with Crippen LogP contribution in [0.5, 0.6) is 0 Å². The molecule has 20 heavy (non-hydrogen) atoms. The molecule has 2 unspecified atom stereocenters. The first-order valence-electron chi connectivity index (χ1n) is 8.12. The van der Waals surface area contributed by atoms with Crippen LogP contribution in [0, 0.1) is 0 Å². The van der Waals surface area contributed by atoms with Gasteiger partial charge in [0.25, 0.3) is 0 Å². The number of hydrogen-bond donors (Lipinski definition) is 0. The third kappa shape index (κ3) is 3.24. The molecule has 4 heteroatoms. The summed E-state index contributed by atoms with van der Waals surface area (Å²) in [7, 11) is -2.67. The molecule has 2 nitrogen and oxygen atoms in total. The maximum absolute atomic E-state index is 6.29. The molecule has 110 valence electrons. The lowest BCUT2D eigenvalue weighted by Crippen LogP contribution is -2.52. The van der Waals surface area contributed by atoms with Crippen molar-refractivity contribution in [1.29, 1.82) is 0 Å². The van der Waals surface area contributed by atoms with E-state index in [1.807, 2.05) is 0 Å². The highest BCUT2D eigenvalue weighted by molar-refractivity contribution is 6.86. The molecule has 0 amide bonds. The summed E-state index contributed by atoms with van der Waals surface area (Å²) in [4.78, 5) is 0. The minimum absolute atomic E-state index is 0.967. The number of rotatable bonds is 3. The van der Waals surface area contributed by atoms with Crippen LogP contribution in [-0.4, -0.2) is 30.6 Å². The molecule has 0 aromatic heterocycles. The van der Waals surface area contributed by atoms with E-state index in [-0.39, 0.29) is 0 Å². The van der Waals surface area contributed by atoms with Crippen LogP contribution in [0.4, 0.5) is 0 Å². The van der Waals surface area contributed by atoms with Crippen molar-refractivity contribution in [2.45, 2.75) is 50.4 Å². The van der Waals surface area contributed by atoms with Gasteiger partial charge in [-0.15, -0.1) is 0 Å². The minimum atomic E-state index is -1.68. The second-order valence-corrected chi connectivity index (χ2v) is 12.7. The van der Waals surface area contributed by atoms with E-state index in [1.54, 1.807) is 10.8 Å². The van der Waals surface area contributed by atoms with Gasteiger partial charge in [-0.05, 0) is 48.3 Å². The molecule has 0 radical (unpaired) electrons. The predicted molar refractivity (Wildman–Crippen MR) is 88.5 cm³/mol. The summed E-state index contributed by atoms with van der Waals surface area (Å²) >= 11 is 0. The van der Waals surface area contributed by atoms with Crippen LogP contribution in [-0.2, 0) is 14.9 Å². The normalized spacial score (nSPS) is 31.1.